The average molecular weight is 390 g/mol. The lowest BCUT2D eigenvalue weighted by Gasteiger charge is -2.23. The van der Waals surface area contributed by atoms with E-state index in [1.165, 1.54) is 0 Å². The zero-order valence-electron chi connectivity index (χ0n) is 16.0. The highest BCUT2D eigenvalue weighted by atomic mass is 16.5. The van der Waals surface area contributed by atoms with Gasteiger partial charge < -0.3 is 15.2 Å². The van der Waals surface area contributed by atoms with Gasteiger partial charge in [-0.15, -0.1) is 0 Å². The van der Waals surface area contributed by atoms with Crippen molar-refractivity contribution in [3.8, 4) is 5.75 Å². The summed E-state index contributed by atoms with van der Waals surface area (Å²) in [6.07, 6.45) is -1.01. The number of β-amino-alcohol motifs (C(OH)–C–C–N with tert-alkyl or cyclic N) is 1. The van der Waals surface area contributed by atoms with E-state index < -0.39 is 23.6 Å². The quantitative estimate of drug-likeness (QED) is 0.634. The normalized spacial score (nSPS) is 20.0. The number of benzene rings is 3. The van der Waals surface area contributed by atoms with E-state index in [0.717, 1.165) is 15.7 Å². The summed E-state index contributed by atoms with van der Waals surface area (Å²) >= 11 is 0. The Kier molecular flexibility index (Phi) is 4.94. The molecule has 0 radical (unpaired) electrons. The summed E-state index contributed by atoms with van der Waals surface area (Å²) in [4.78, 5) is 26.4. The number of urea groups is 1. The van der Waals surface area contributed by atoms with E-state index >= 15 is 0 Å². The van der Waals surface area contributed by atoms with Crippen molar-refractivity contribution in [2.45, 2.75) is 18.6 Å². The largest absolute Gasteiger partial charge is 0.490 e. The average Bonchev–Trinajstić information content (AvgIpc) is 2.97. The Labute approximate surface area is 168 Å². The minimum Gasteiger partial charge on any atom is -0.490 e. The maximum absolute atomic E-state index is 12.9. The van der Waals surface area contributed by atoms with Gasteiger partial charge >= 0.3 is 6.03 Å². The van der Waals surface area contributed by atoms with Crippen LogP contribution in [0.2, 0.25) is 0 Å². The predicted octanol–water partition coefficient (Wildman–Crippen LogP) is 3.05. The molecule has 0 aromatic heterocycles. The van der Waals surface area contributed by atoms with Gasteiger partial charge in [0.1, 0.15) is 24.0 Å². The molecular weight excluding hydrogens is 368 g/mol. The van der Waals surface area contributed by atoms with Crippen LogP contribution in [0.3, 0.4) is 0 Å². The van der Waals surface area contributed by atoms with Gasteiger partial charge in [0.05, 0.1) is 6.54 Å². The van der Waals surface area contributed by atoms with Gasteiger partial charge in [-0.3, -0.25) is 9.69 Å². The van der Waals surface area contributed by atoms with Gasteiger partial charge in [-0.05, 0) is 23.9 Å². The van der Waals surface area contributed by atoms with Crippen LogP contribution >= 0.6 is 0 Å². The topological polar surface area (TPSA) is 78.9 Å². The molecule has 29 heavy (non-hydrogen) atoms. The Balaban J connectivity index is 1.44. The van der Waals surface area contributed by atoms with Crippen LogP contribution in [0.4, 0.5) is 4.79 Å². The first-order valence-electron chi connectivity index (χ1n) is 9.47. The summed E-state index contributed by atoms with van der Waals surface area (Å²) in [7, 11) is 0. The summed E-state index contributed by atoms with van der Waals surface area (Å²) in [6.45, 7) is 1.49. The third-order valence-electron chi connectivity index (χ3n) is 5.20. The lowest BCUT2D eigenvalue weighted by atomic mass is 9.92. The molecule has 1 heterocycles. The fraction of sp³-hybridized carbons (Fsp3) is 0.217. The van der Waals surface area contributed by atoms with Gasteiger partial charge in [0, 0.05) is 5.39 Å². The van der Waals surface area contributed by atoms with Crippen LogP contribution in [-0.2, 0) is 10.3 Å². The zero-order valence-corrected chi connectivity index (χ0v) is 16.0. The first-order chi connectivity index (χ1) is 14.0. The van der Waals surface area contributed by atoms with Crippen molar-refractivity contribution in [2.24, 2.45) is 0 Å². The third kappa shape index (κ3) is 3.54. The van der Waals surface area contributed by atoms with E-state index in [2.05, 4.69) is 5.32 Å². The molecule has 0 bridgehead atoms. The maximum Gasteiger partial charge on any atom is 0.325 e. The van der Waals surface area contributed by atoms with Crippen molar-refractivity contribution in [3.63, 3.8) is 0 Å². The van der Waals surface area contributed by atoms with Gasteiger partial charge in [0.15, 0.2) is 0 Å². The summed E-state index contributed by atoms with van der Waals surface area (Å²) < 4.78 is 5.78. The molecule has 6 heteroatoms. The number of aliphatic hydroxyl groups is 1. The molecule has 1 saturated heterocycles. The molecule has 0 spiro atoms. The van der Waals surface area contributed by atoms with Gasteiger partial charge in [-0.1, -0.05) is 66.7 Å². The second kappa shape index (κ2) is 7.56. The fourth-order valence-corrected chi connectivity index (χ4v) is 3.60. The second-order valence-electron chi connectivity index (χ2n) is 7.28. The lowest BCUT2D eigenvalue weighted by Crippen LogP contribution is -2.42. The molecule has 2 atom stereocenters. The maximum atomic E-state index is 12.9. The van der Waals surface area contributed by atoms with Crippen LogP contribution in [-0.4, -0.2) is 41.2 Å². The smallest absolute Gasteiger partial charge is 0.325 e. The van der Waals surface area contributed by atoms with E-state index in [-0.39, 0.29) is 13.2 Å². The van der Waals surface area contributed by atoms with Crippen molar-refractivity contribution < 1.29 is 19.4 Å². The molecule has 3 aromatic carbocycles. The highest BCUT2D eigenvalue weighted by Crippen LogP contribution is 2.29. The number of ether oxygens (including phenoxy) is 1. The van der Waals surface area contributed by atoms with Crippen molar-refractivity contribution >= 4 is 22.7 Å². The number of amides is 3. The molecule has 3 amide bonds. The molecule has 1 aliphatic heterocycles. The highest BCUT2D eigenvalue weighted by Gasteiger charge is 2.49. The zero-order chi connectivity index (χ0) is 20.4. The van der Waals surface area contributed by atoms with Crippen LogP contribution < -0.4 is 10.1 Å². The van der Waals surface area contributed by atoms with E-state index in [4.69, 9.17) is 4.74 Å². The van der Waals surface area contributed by atoms with Crippen LogP contribution in [0.15, 0.2) is 72.8 Å². The number of aliphatic hydroxyl groups excluding tert-OH is 1. The Morgan fingerprint density at radius 2 is 1.69 bits per heavy atom. The number of hydrogen-bond donors (Lipinski definition) is 2. The van der Waals surface area contributed by atoms with Crippen LogP contribution in [0, 0.1) is 0 Å². The molecular formula is C23H22N2O4. The van der Waals surface area contributed by atoms with Crippen LogP contribution in [0.5, 0.6) is 5.75 Å². The Morgan fingerprint density at radius 3 is 2.48 bits per heavy atom. The fourth-order valence-electron chi connectivity index (χ4n) is 3.60. The Morgan fingerprint density at radius 1 is 1.00 bits per heavy atom. The van der Waals surface area contributed by atoms with E-state index in [1.807, 2.05) is 60.7 Å². The van der Waals surface area contributed by atoms with Gasteiger partial charge in [0.2, 0.25) is 0 Å². The number of fused-ring (bicyclic) bond motifs is 1. The number of carbonyl (C=O) groups excluding carboxylic acids is 2. The second-order valence-corrected chi connectivity index (χ2v) is 7.28. The monoisotopic (exact) mass is 390 g/mol. The standard InChI is InChI=1S/C23H22N2O4/c1-23(17-10-3-2-4-11-17)21(27)25(22(28)24-23)14-18(26)15-29-20-13-7-9-16-8-5-6-12-19(16)20/h2-13,18,26H,14-15H2,1H3,(H,24,28). The van der Waals surface area contributed by atoms with Crippen molar-refractivity contribution in [2.75, 3.05) is 13.2 Å². The first-order valence-corrected chi connectivity index (χ1v) is 9.47. The van der Waals surface area contributed by atoms with E-state index in [9.17, 15) is 14.7 Å². The summed E-state index contributed by atoms with van der Waals surface area (Å²) in [5.41, 5.74) is -0.448. The Hall–Kier alpha value is -3.38. The number of hydrogen-bond acceptors (Lipinski definition) is 4. The number of rotatable bonds is 6. The minimum atomic E-state index is -1.14. The first kappa shape index (κ1) is 19.0. The number of nitrogens with one attached hydrogen (secondary N) is 1. The van der Waals surface area contributed by atoms with Crippen LogP contribution in [0.1, 0.15) is 12.5 Å². The molecule has 2 N–H and O–H groups in total. The summed E-state index contributed by atoms with van der Waals surface area (Å²) in [6, 6.07) is 22.0. The van der Waals surface area contributed by atoms with Gasteiger partial charge in [0.25, 0.3) is 5.91 Å². The molecule has 1 fully saturated rings. The molecule has 6 nitrogen and oxygen atoms in total. The molecule has 1 aliphatic rings. The van der Waals surface area contributed by atoms with E-state index in [0.29, 0.717) is 11.3 Å². The molecule has 0 aliphatic carbocycles. The molecule has 2 unspecified atom stereocenters. The lowest BCUT2D eigenvalue weighted by molar-refractivity contribution is -0.132. The molecule has 148 valence electrons. The minimum absolute atomic E-state index is 0.0346. The molecule has 4 rings (SSSR count). The summed E-state index contributed by atoms with van der Waals surface area (Å²) in [5, 5.41) is 15.1. The molecule has 3 aromatic rings. The number of imide groups is 1. The van der Waals surface area contributed by atoms with E-state index in [1.54, 1.807) is 19.1 Å². The van der Waals surface area contributed by atoms with Crippen molar-refractivity contribution in [3.05, 3.63) is 78.4 Å². The Bertz CT molecular complexity index is 1050. The SMILES string of the molecule is CC1(c2ccccc2)NC(=O)N(CC(O)COc2cccc3ccccc23)C1=O. The summed E-state index contributed by atoms with van der Waals surface area (Å²) in [5.74, 6) is 0.256. The van der Waals surface area contributed by atoms with Gasteiger partial charge in [-0.25, -0.2) is 4.79 Å². The van der Waals surface area contributed by atoms with Crippen molar-refractivity contribution in [1.29, 1.82) is 0 Å². The highest BCUT2D eigenvalue weighted by molar-refractivity contribution is 6.07. The van der Waals surface area contributed by atoms with Crippen LogP contribution in [0.25, 0.3) is 10.8 Å². The number of carbonyl (C=O) groups is 2. The van der Waals surface area contributed by atoms with Gasteiger partial charge in [-0.2, -0.15) is 0 Å². The van der Waals surface area contributed by atoms with Crippen molar-refractivity contribution in [1.82, 2.24) is 10.2 Å². The molecule has 0 saturated carbocycles. The number of nitrogens with zero attached hydrogens (tertiary/aromatic N) is 1. The third-order valence-corrected chi connectivity index (χ3v) is 5.20. The predicted molar refractivity (Wildman–Crippen MR) is 109 cm³/mol.